The highest BCUT2D eigenvalue weighted by Crippen LogP contribution is 2.50. The smallest absolute Gasteiger partial charge is 0.415 e. The lowest BCUT2D eigenvalue weighted by Gasteiger charge is -2.19. The molecule has 8 nitrogen and oxygen atoms in total. The van der Waals surface area contributed by atoms with Crippen molar-refractivity contribution < 1.29 is 13.7 Å². The van der Waals surface area contributed by atoms with Crippen LogP contribution in [0.15, 0.2) is 53.8 Å². The van der Waals surface area contributed by atoms with E-state index in [0.29, 0.717) is 35.5 Å². The van der Waals surface area contributed by atoms with Crippen LogP contribution in [0.5, 0.6) is 5.75 Å². The maximum absolute atomic E-state index is 5.83. The fourth-order valence-electron chi connectivity index (χ4n) is 2.51. The molecule has 0 radical (unpaired) electrons. The van der Waals surface area contributed by atoms with Gasteiger partial charge in [-0.2, -0.15) is 0 Å². The molecule has 30 heavy (non-hydrogen) atoms. The number of nitrogens with zero attached hydrogens (tertiary/aromatic N) is 5. The van der Waals surface area contributed by atoms with Gasteiger partial charge in [0.1, 0.15) is 22.3 Å². The lowest BCUT2D eigenvalue weighted by Crippen LogP contribution is -2.06. The first-order chi connectivity index (χ1) is 14.4. The molecular formula is C19H21ClN5O3PS. The van der Waals surface area contributed by atoms with Crippen LogP contribution in [-0.2, 0) is 27.5 Å². The Morgan fingerprint density at radius 2 is 2.00 bits per heavy atom. The van der Waals surface area contributed by atoms with Gasteiger partial charge in [0.25, 0.3) is 0 Å². The molecule has 2 heterocycles. The Labute approximate surface area is 185 Å². The minimum absolute atomic E-state index is 0.336. The van der Waals surface area contributed by atoms with E-state index in [0.717, 1.165) is 11.3 Å². The molecule has 0 aliphatic heterocycles. The molecule has 0 aliphatic carbocycles. The summed E-state index contributed by atoms with van der Waals surface area (Å²) in [6.45, 7) is 3.21. The summed E-state index contributed by atoms with van der Waals surface area (Å²) in [4.78, 5) is 4.08. The molecule has 1 aromatic carbocycles. The Morgan fingerprint density at radius 1 is 1.23 bits per heavy atom. The largest absolute Gasteiger partial charge is 0.455 e. The predicted octanol–water partition coefficient (Wildman–Crippen LogP) is 4.76. The first kappa shape index (κ1) is 22.4. The second kappa shape index (κ2) is 10.1. The van der Waals surface area contributed by atoms with Crippen LogP contribution in [0.3, 0.4) is 0 Å². The summed E-state index contributed by atoms with van der Waals surface area (Å²) in [5.41, 5.74) is 2.88. The summed E-state index contributed by atoms with van der Waals surface area (Å²) in [5.74, 6) is 0.556. The summed E-state index contributed by atoms with van der Waals surface area (Å²) < 4.78 is 18.6. The number of oxime groups is 1. The summed E-state index contributed by atoms with van der Waals surface area (Å²) in [6.07, 6.45) is 1.70. The fraction of sp³-hybridized carbons (Fsp3) is 0.263. The van der Waals surface area contributed by atoms with E-state index in [4.69, 9.17) is 37.1 Å². The number of halogens is 1. The molecule has 158 valence electrons. The van der Waals surface area contributed by atoms with E-state index in [2.05, 4.69) is 20.5 Å². The van der Waals surface area contributed by atoms with Gasteiger partial charge in [0.05, 0.1) is 18.8 Å². The van der Waals surface area contributed by atoms with Gasteiger partial charge in [0.2, 0.25) is 0 Å². The topological polar surface area (TPSA) is 83.7 Å². The SMILES string of the molecule is CCO[P@](=S)(O/N=C(\C)c1nnn(Cc2ccc(Cl)nc2)c1C)Oc1ccccc1. The molecule has 2 aromatic heterocycles. The zero-order valence-corrected chi connectivity index (χ0v) is 19.2. The maximum atomic E-state index is 5.83. The maximum Gasteiger partial charge on any atom is 0.455 e. The highest BCUT2D eigenvalue weighted by atomic mass is 35.5. The third kappa shape index (κ3) is 5.86. The van der Waals surface area contributed by atoms with Crippen molar-refractivity contribution in [2.24, 2.45) is 5.16 Å². The Balaban J connectivity index is 1.74. The zero-order chi connectivity index (χ0) is 21.6. The van der Waals surface area contributed by atoms with Crippen LogP contribution >= 0.6 is 18.3 Å². The molecule has 0 saturated carbocycles. The van der Waals surface area contributed by atoms with Crippen LogP contribution in [0.25, 0.3) is 0 Å². The van der Waals surface area contributed by atoms with E-state index in [9.17, 15) is 0 Å². The minimum Gasteiger partial charge on any atom is -0.415 e. The van der Waals surface area contributed by atoms with Crippen molar-refractivity contribution >= 4 is 35.8 Å². The van der Waals surface area contributed by atoms with Gasteiger partial charge in [-0.05, 0) is 44.5 Å². The first-order valence-corrected chi connectivity index (χ1v) is 12.1. The van der Waals surface area contributed by atoms with Gasteiger partial charge in [0, 0.05) is 18.0 Å². The van der Waals surface area contributed by atoms with E-state index in [1.807, 2.05) is 38.1 Å². The number of benzene rings is 1. The Bertz CT molecular complexity index is 1060. The number of pyridine rings is 1. The second-order valence-electron chi connectivity index (χ2n) is 6.20. The zero-order valence-electron chi connectivity index (χ0n) is 16.7. The molecule has 0 N–H and O–H groups in total. The summed E-state index contributed by atoms with van der Waals surface area (Å²) in [5, 5.41) is 13.0. The summed E-state index contributed by atoms with van der Waals surface area (Å²) in [6, 6.07) is 12.7. The highest BCUT2D eigenvalue weighted by molar-refractivity contribution is 8.07. The molecule has 0 spiro atoms. The van der Waals surface area contributed by atoms with Crippen molar-refractivity contribution in [3.8, 4) is 5.75 Å². The average Bonchev–Trinajstić information content (AvgIpc) is 3.09. The predicted molar refractivity (Wildman–Crippen MR) is 119 cm³/mol. The van der Waals surface area contributed by atoms with Crippen LogP contribution in [0, 0.1) is 6.92 Å². The molecule has 11 heteroatoms. The number of para-hydroxylation sites is 1. The molecule has 0 amide bonds. The van der Waals surface area contributed by atoms with Gasteiger partial charge >= 0.3 is 6.72 Å². The monoisotopic (exact) mass is 465 g/mol. The van der Waals surface area contributed by atoms with Crippen LogP contribution in [0.2, 0.25) is 5.15 Å². The van der Waals surface area contributed by atoms with Gasteiger partial charge < -0.3 is 9.15 Å². The van der Waals surface area contributed by atoms with E-state index in [1.165, 1.54) is 0 Å². The Morgan fingerprint density at radius 3 is 2.67 bits per heavy atom. The molecule has 1 atom stereocenters. The number of hydrogen-bond donors (Lipinski definition) is 0. The lowest BCUT2D eigenvalue weighted by molar-refractivity contribution is 0.216. The van der Waals surface area contributed by atoms with Crippen molar-refractivity contribution in [2.45, 2.75) is 27.3 Å². The Kier molecular flexibility index (Phi) is 7.55. The third-order valence-corrected chi connectivity index (χ3v) is 6.23. The first-order valence-electron chi connectivity index (χ1n) is 9.13. The Hall–Kier alpha value is -2.32. The number of rotatable bonds is 9. The van der Waals surface area contributed by atoms with Crippen LogP contribution < -0.4 is 4.52 Å². The molecular weight excluding hydrogens is 445 g/mol. The normalized spacial score (nSPS) is 13.7. The van der Waals surface area contributed by atoms with E-state index in [1.54, 1.807) is 36.0 Å². The van der Waals surface area contributed by atoms with Crippen molar-refractivity contribution in [2.75, 3.05) is 6.61 Å². The van der Waals surface area contributed by atoms with E-state index < -0.39 is 6.72 Å². The van der Waals surface area contributed by atoms with Gasteiger partial charge in [-0.1, -0.05) is 46.2 Å². The van der Waals surface area contributed by atoms with Crippen molar-refractivity contribution in [1.29, 1.82) is 0 Å². The lowest BCUT2D eigenvalue weighted by atomic mass is 10.2. The van der Waals surface area contributed by atoms with Crippen LogP contribution in [-0.4, -0.2) is 32.3 Å². The van der Waals surface area contributed by atoms with Crippen molar-refractivity contribution in [3.63, 3.8) is 0 Å². The average molecular weight is 466 g/mol. The number of aromatic nitrogens is 4. The van der Waals surface area contributed by atoms with Gasteiger partial charge in [-0.15, -0.1) is 5.10 Å². The molecule has 0 aliphatic rings. The van der Waals surface area contributed by atoms with Crippen LogP contribution in [0.4, 0.5) is 0 Å². The van der Waals surface area contributed by atoms with Crippen LogP contribution in [0.1, 0.15) is 30.8 Å². The molecule has 0 bridgehead atoms. The van der Waals surface area contributed by atoms with Gasteiger partial charge in [-0.25, -0.2) is 9.67 Å². The highest BCUT2D eigenvalue weighted by Gasteiger charge is 2.24. The standard InChI is InChI=1S/C19H21ClN5O3PS/c1-4-26-29(30,27-17-8-6-5-7-9-17)28-23-14(2)19-15(3)25(24-22-19)13-16-10-11-18(20)21-12-16/h5-12H,4,13H2,1-3H3/b23-14+/t29-/m1/s1. The minimum atomic E-state index is -3.11. The molecule has 0 fully saturated rings. The molecule has 3 aromatic rings. The summed E-state index contributed by atoms with van der Waals surface area (Å²) >= 11 is 11.3. The van der Waals surface area contributed by atoms with Gasteiger partial charge in [-0.3, -0.25) is 4.52 Å². The molecule has 3 rings (SSSR count). The van der Waals surface area contributed by atoms with Crippen molar-refractivity contribution in [1.82, 2.24) is 20.0 Å². The van der Waals surface area contributed by atoms with E-state index in [-0.39, 0.29) is 0 Å². The van der Waals surface area contributed by atoms with E-state index >= 15 is 0 Å². The fourth-order valence-corrected chi connectivity index (χ4v) is 4.35. The quantitative estimate of drug-likeness (QED) is 0.195. The number of hydrogen-bond acceptors (Lipinski definition) is 8. The summed E-state index contributed by atoms with van der Waals surface area (Å²) in [7, 11) is 0. The van der Waals surface area contributed by atoms with Gasteiger partial charge in [0.15, 0.2) is 0 Å². The second-order valence-corrected chi connectivity index (χ2v) is 9.43. The molecule has 0 unspecified atom stereocenters. The molecule has 0 saturated heterocycles. The van der Waals surface area contributed by atoms with Crippen molar-refractivity contribution in [3.05, 3.63) is 70.8 Å². The third-order valence-electron chi connectivity index (χ3n) is 3.97.